The van der Waals surface area contributed by atoms with Gasteiger partial charge in [-0.1, -0.05) is 19.8 Å². The molecule has 1 unspecified atom stereocenters. The quantitative estimate of drug-likeness (QED) is 0.586. The summed E-state index contributed by atoms with van der Waals surface area (Å²) in [5.74, 6) is -0.974. The Kier molecular flexibility index (Phi) is 7.63. The maximum Gasteiger partial charge on any atom is 0.335 e. The summed E-state index contributed by atoms with van der Waals surface area (Å²) in [5.41, 5.74) is 0. The maximum absolute atomic E-state index is 10.4. The Labute approximate surface area is 78.8 Å². The molecular formula is C9H18O4. The van der Waals surface area contributed by atoms with Crippen molar-refractivity contribution in [2.75, 3.05) is 20.3 Å². The van der Waals surface area contributed by atoms with Crippen LogP contribution in [0.3, 0.4) is 0 Å². The van der Waals surface area contributed by atoms with Crippen LogP contribution in [0, 0.1) is 0 Å². The molecule has 1 N–H and O–H groups in total. The largest absolute Gasteiger partial charge is 0.479 e. The van der Waals surface area contributed by atoms with Crippen molar-refractivity contribution in [1.29, 1.82) is 0 Å². The highest BCUT2D eigenvalue weighted by Crippen LogP contribution is 1.96. The normalized spacial score (nSPS) is 12.8. The number of methoxy groups -OCH3 is 1. The number of aliphatic carboxylic acids is 1. The Hall–Kier alpha value is -0.610. The minimum Gasteiger partial charge on any atom is -0.479 e. The minimum absolute atomic E-state index is 0.134. The van der Waals surface area contributed by atoms with Crippen LogP contribution in [0.25, 0.3) is 0 Å². The van der Waals surface area contributed by atoms with Crippen LogP contribution in [0.4, 0.5) is 0 Å². The summed E-state index contributed by atoms with van der Waals surface area (Å²) in [7, 11) is 1.37. The van der Waals surface area contributed by atoms with Crippen molar-refractivity contribution in [3.63, 3.8) is 0 Å². The molecule has 0 aliphatic heterocycles. The molecule has 4 nitrogen and oxygen atoms in total. The molecule has 0 spiro atoms. The molecule has 1 atom stereocenters. The van der Waals surface area contributed by atoms with Gasteiger partial charge < -0.3 is 14.6 Å². The molecular weight excluding hydrogens is 172 g/mol. The lowest BCUT2D eigenvalue weighted by Gasteiger charge is -2.10. The van der Waals surface area contributed by atoms with E-state index in [1.165, 1.54) is 7.11 Å². The molecule has 13 heavy (non-hydrogen) atoms. The monoisotopic (exact) mass is 190 g/mol. The van der Waals surface area contributed by atoms with Crippen molar-refractivity contribution < 1.29 is 19.4 Å². The number of rotatable bonds is 8. The highest BCUT2D eigenvalue weighted by Gasteiger charge is 2.15. The van der Waals surface area contributed by atoms with Gasteiger partial charge in [0.2, 0.25) is 0 Å². The average Bonchev–Trinajstić information content (AvgIpc) is 2.10. The molecule has 0 aromatic carbocycles. The van der Waals surface area contributed by atoms with Gasteiger partial charge >= 0.3 is 5.97 Å². The van der Waals surface area contributed by atoms with E-state index in [2.05, 4.69) is 6.92 Å². The number of carbonyl (C=O) groups is 1. The van der Waals surface area contributed by atoms with Crippen LogP contribution >= 0.6 is 0 Å². The van der Waals surface area contributed by atoms with Gasteiger partial charge in [-0.05, 0) is 6.42 Å². The first-order chi connectivity index (χ1) is 6.22. The van der Waals surface area contributed by atoms with E-state index in [-0.39, 0.29) is 6.61 Å². The summed E-state index contributed by atoms with van der Waals surface area (Å²) in [4.78, 5) is 10.4. The van der Waals surface area contributed by atoms with Crippen molar-refractivity contribution in [3.8, 4) is 0 Å². The van der Waals surface area contributed by atoms with E-state index in [1.54, 1.807) is 0 Å². The molecule has 0 saturated heterocycles. The molecule has 4 heteroatoms. The zero-order valence-corrected chi connectivity index (χ0v) is 8.28. The molecule has 78 valence electrons. The predicted molar refractivity (Wildman–Crippen MR) is 48.8 cm³/mol. The first-order valence-electron chi connectivity index (χ1n) is 4.55. The Morgan fingerprint density at radius 1 is 1.46 bits per heavy atom. The minimum atomic E-state index is -0.974. The fourth-order valence-electron chi connectivity index (χ4n) is 0.885. The van der Waals surface area contributed by atoms with Gasteiger partial charge in [0.15, 0.2) is 6.10 Å². The van der Waals surface area contributed by atoms with Gasteiger partial charge in [-0.2, -0.15) is 0 Å². The molecule has 0 aromatic heterocycles. The maximum atomic E-state index is 10.4. The highest BCUT2D eigenvalue weighted by atomic mass is 16.5. The lowest BCUT2D eigenvalue weighted by atomic mass is 10.3. The number of unbranched alkanes of at least 4 members (excludes halogenated alkanes) is 2. The van der Waals surface area contributed by atoms with E-state index >= 15 is 0 Å². The zero-order chi connectivity index (χ0) is 10.1. The van der Waals surface area contributed by atoms with E-state index in [1.807, 2.05) is 0 Å². The number of hydrogen-bond donors (Lipinski definition) is 1. The van der Waals surface area contributed by atoms with E-state index in [4.69, 9.17) is 14.6 Å². The van der Waals surface area contributed by atoms with Gasteiger partial charge in [0.1, 0.15) is 0 Å². The van der Waals surface area contributed by atoms with Crippen LogP contribution in [-0.4, -0.2) is 37.5 Å². The van der Waals surface area contributed by atoms with Gasteiger partial charge in [0, 0.05) is 13.7 Å². The molecule has 0 aliphatic rings. The van der Waals surface area contributed by atoms with Gasteiger partial charge in [-0.15, -0.1) is 0 Å². The van der Waals surface area contributed by atoms with Crippen LogP contribution in [0.15, 0.2) is 0 Å². The summed E-state index contributed by atoms with van der Waals surface area (Å²) in [5, 5.41) is 8.57. The zero-order valence-electron chi connectivity index (χ0n) is 8.28. The van der Waals surface area contributed by atoms with E-state index < -0.39 is 12.1 Å². The van der Waals surface area contributed by atoms with Crippen molar-refractivity contribution >= 4 is 5.97 Å². The number of carboxylic acids is 1. The summed E-state index contributed by atoms with van der Waals surface area (Å²) in [6.45, 7) is 2.85. The van der Waals surface area contributed by atoms with Gasteiger partial charge in [0.25, 0.3) is 0 Å². The van der Waals surface area contributed by atoms with Crippen LogP contribution in [0.2, 0.25) is 0 Å². The smallest absolute Gasteiger partial charge is 0.335 e. The molecule has 0 aliphatic carbocycles. The average molecular weight is 190 g/mol. The first-order valence-corrected chi connectivity index (χ1v) is 4.55. The van der Waals surface area contributed by atoms with Crippen LogP contribution in [0.5, 0.6) is 0 Å². The molecule has 0 fully saturated rings. The summed E-state index contributed by atoms with van der Waals surface area (Å²) >= 11 is 0. The molecule has 0 aromatic rings. The molecule has 0 bridgehead atoms. The molecule has 0 amide bonds. The van der Waals surface area contributed by atoms with E-state index in [9.17, 15) is 4.79 Å². The topological polar surface area (TPSA) is 55.8 Å². The van der Waals surface area contributed by atoms with Crippen LogP contribution in [-0.2, 0) is 14.3 Å². The molecule has 0 rings (SSSR count). The number of hydrogen-bond acceptors (Lipinski definition) is 3. The summed E-state index contributed by atoms with van der Waals surface area (Å²) in [6.07, 6.45) is 2.40. The standard InChI is InChI=1S/C9H18O4/c1-3-4-5-6-13-7-8(12-2)9(10)11/h8H,3-7H2,1-2H3,(H,10,11). The lowest BCUT2D eigenvalue weighted by molar-refractivity contribution is -0.152. The fraction of sp³-hybridized carbons (Fsp3) is 0.889. The SMILES string of the molecule is CCCCCOCC(OC)C(=O)O. The van der Waals surface area contributed by atoms with Gasteiger partial charge in [-0.3, -0.25) is 0 Å². The van der Waals surface area contributed by atoms with E-state index in [0.29, 0.717) is 6.61 Å². The second kappa shape index (κ2) is 8.01. The molecule has 0 radical (unpaired) electrons. The van der Waals surface area contributed by atoms with Gasteiger partial charge in [0.05, 0.1) is 6.61 Å². The fourth-order valence-corrected chi connectivity index (χ4v) is 0.885. The third-order valence-corrected chi connectivity index (χ3v) is 1.72. The first kappa shape index (κ1) is 12.4. The molecule has 0 saturated carbocycles. The van der Waals surface area contributed by atoms with Crippen LogP contribution < -0.4 is 0 Å². The highest BCUT2D eigenvalue weighted by molar-refractivity contribution is 5.72. The number of ether oxygens (including phenoxy) is 2. The van der Waals surface area contributed by atoms with Crippen LogP contribution in [0.1, 0.15) is 26.2 Å². The Morgan fingerprint density at radius 2 is 2.15 bits per heavy atom. The van der Waals surface area contributed by atoms with Crippen molar-refractivity contribution in [2.24, 2.45) is 0 Å². The van der Waals surface area contributed by atoms with Crippen molar-refractivity contribution in [2.45, 2.75) is 32.3 Å². The Balaban J connectivity index is 3.33. The summed E-state index contributed by atoms with van der Waals surface area (Å²) < 4.78 is 9.84. The lowest BCUT2D eigenvalue weighted by Crippen LogP contribution is -2.28. The third-order valence-electron chi connectivity index (χ3n) is 1.72. The van der Waals surface area contributed by atoms with Gasteiger partial charge in [-0.25, -0.2) is 4.79 Å². The third kappa shape index (κ3) is 6.54. The predicted octanol–water partition coefficient (Wildman–Crippen LogP) is 1.29. The van der Waals surface area contributed by atoms with E-state index in [0.717, 1.165) is 19.3 Å². The summed E-state index contributed by atoms with van der Waals surface area (Å²) in [6, 6.07) is 0. The second-order valence-electron chi connectivity index (χ2n) is 2.84. The van der Waals surface area contributed by atoms with Crippen molar-refractivity contribution in [1.82, 2.24) is 0 Å². The Morgan fingerprint density at radius 3 is 2.62 bits per heavy atom. The molecule has 0 heterocycles. The van der Waals surface area contributed by atoms with Crippen molar-refractivity contribution in [3.05, 3.63) is 0 Å². The number of carboxylic acid groups (broad SMARTS) is 1. The Bertz CT molecular complexity index is 136. The second-order valence-corrected chi connectivity index (χ2v) is 2.84.